The first-order chi connectivity index (χ1) is 8.26. The van der Waals surface area contributed by atoms with Gasteiger partial charge in [-0.05, 0) is 25.0 Å². The Morgan fingerprint density at radius 1 is 1.24 bits per heavy atom. The van der Waals surface area contributed by atoms with Gasteiger partial charge in [0.1, 0.15) is 5.78 Å². The molecule has 92 valence electrons. The van der Waals surface area contributed by atoms with Gasteiger partial charge in [0.15, 0.2) is 5.75 Å². The van der Waals surface area contributed by atoms with Crippen molar-refractivity contribution >= 4 is 5.78 Å². The molecule has 0 N–H and O–H groups in total. The van der Waals surface area contributed by atoms with Gasteiger partial charge in [-0.2, -0.15) is 0 Å². The minimum atomic E-state index is -0.0662. The molecule has 1 aliphatic rings. The highest BCUT2D eigenvalue weighted by Crippen LogP contribution is 2.32. The number of aromatic nitrogens is 1. The molecule has 1 fully saturated rings. The van der Waals surface area contributed by atoms with Crippen LogP contribution in [0.5, 0.6) is 11.6 Å². The van der Waals surface area contributed by atoms with Crippen molar-refractivity contribution in [2.45, 2.75) is 31.6 Å². The lowest BCUT2D eigenvalue weighted by molar-refractivity contribution is -0.121. The van der Waals surface area contributed by atoms with E-state index >= 15 is 0 Å². The van der Waals surface area contributed by atoms with E-state index in [1.54, 1.807) is 14.2 Å². The third-order valence-electron chi connectivity index (χ3n) is 3.17. The number of carbonyl (C=O) groups excluding carboxylic acids is 1. The lowest BCUT2D eigenvalue weighted by Crippen LogP contribution is -2.18. The number of pyridine rings is 1. The summed E-state index contributed by atoms with van der Waals surface area (Å²) in [6.45, 7) is 0. The largest absolute Gasteiger partial charge is 0.491 e. The van der Waals surface area contributed by atoms with Gasteiger partial charge < -0.3 is 9.47 Å². The van der Waals surface area contributed by atoms with Crippen LogP contribution in [0.1, 0.15) is 37.3 Å². The molecule has 4 heteroatoms. The molecule has 0 spiro atoms. The quantitative estimate of drug-likeness (QED) is 0.806. The molecule has 0 aromatic carbocycles. The standard InChI is InChI=1S/C13H17NO3/c1-16-12-8-7-10(14-13(12)17-2)9-5-3-4-6-11(9)15/h7-9H,3-6H2,1-2H3. The highest BCUT2D eigenvalue weighted by molar-refractivity contribution is 5.85. The van der Waals surface area contributed by atoms with E-state index in [1.807, 2.05) is 12.1 Å². The molecule has 1 aliphatic carbocycles. The first kappa shape index (κ1) is 11.9. The molecule has 4 nitrogen and oxygen atoms in total. The highest BCUT2D eigenvalue weighted by Gasteiger charge is 2.25. The van der Waals surface area contributed by atoms with Crippen molar-refractivity contribution in [1.29, 1.82) is 0 Å². The Labute approximate surface area is 101 Å². The van der Waals surface area contributed by atoms with Gasteiger partial charge in [0.2, 0.25) is 0 Å². The average Bonchev–Trinajstić information content (AvgIpc) is 2.38. The third kappa shape index (κ3) is 2.40. The summed E-state index contributed by atoms with van der Waals surface area (Å²) >= 11 is 0. The molecule has 1 aromatic rings. The Morgan fingerprint density at radius 3 is 2.71 bits per heavy atom. The summed E-state index contributed by atoms with van der Waals surface area (Å²) < 4.78 is 10.3. The van der Waals surface area contributed by atoms with E-state index in [-0.39, 0.29) is 11.7 Å². The van der Waals surface area contributed by atoms with Gasteiger partial charge in [0.25, 0.3) is 5.88 Å². The fraction of sp³-hybridized carbons (Fsp3) is 0.538. The minimum Gasteiger partial charge on any atom is -0.491 e. The zero-order valence-electron chi connectivity index (χ0n) is 10.2. The van der Waals surface area contributed by atoms with E-state index in [9.17, 15) is 4.79 Å². The van der Waals surface area contributed by atoms with Gasteiger partial charge in [-0.15, -0.1) is 0 Å². The number of nitrogens with zero attached hydrogens (tertiary/aromatic N) is 1. The first-order valence-corrected chi connectivity index (χ1v) is 5.88. The van der Waals surface area contributed by atoms with Crippen LogP contribution in [0, 0.1) is 0 Å². The van der Waals surface area contributed by atoms with Crippen molar-refractivity contribution in [3.05, 3.63) is 17.8 Å². The molecular weight excluding hydrogens is 218 g/mol. The number of Topliss-reactive ketones (excluding diaryl/α,β-unsaturated/α-hetero) is 1. The summed E-state index contributed by atoms with van der Waals surface area (Å²) in [6.07, 6.45) is 3.65. The van der Waals surface area contributed by atoms with Crippen molar-refractivity contribution in [2.75, 3.05) is 14.2 Å². The minimum absolute atomic E-state index is 0.0662. The van der Waals surface area contributed by atoms with Crippen LogP contribution in [-0.2, 0) is 4.79 Å². The van der Waals surface area contributed by atoms with Crippen molar-refractivity contribution in [2.24, 2.45) is 0 Å². The second-order valence-electron chi connectivity index (χ2n) is 4.21. The fourth-order valence-electron chi connectivity index (χ4n) is 2.23. The van der Waals surface area contributed by atoms with Crippen LogP contribution in [0.4, 0.5) is 0 Å². The lowest BCUT2D eigenvalue weighted by Gasteiger charge is -2.20. The van der Waals surface area contributed by atoms with E-state index in [0.717, 1.165) is 25.0 Å². The number of hydrogen-bond acceptors (Lipinski definition) is 4. The van der Waals surface area contributed by atoms with Crippen LogP contribution >= 0.6 is 0 Å². The molecule has 0 aliphatic heterocycles. The Balaban J connectivity index is 2.29. The van der Waals surface area contributed by atoms with Gasteiger partial charge in [-0.1, -0.05) is 6.42 Å². The van der Waals surface area contributed by atoms with Gasteiger partial charge in [0.05, 0.1) is 25.8 Å². The summed E-state index contributed by atoms with van der Waals surface area (Å²) in [5, 5.41) is 0. The Hall–Kier alpha value is -1.58. The summed E-state index contributed by atoms with van der Waals surface area (Å²) in [6, 6.07) is 3.66. The topological polar surface area (TPSA) is 48.4 Å². The Kier molecular flexibility index (Phi) is 3.61. The second-order valence-corrected chi connectivity index (χ2v) is 4.21. The number of carbonyl (C=O) groups is 1. The predicted molar refractivity (Wildman–Crippen MR) is 63.6 cm³/mol. The predicted octanol–water partition coefficient (Wildman–Crippen LogP) is 2.33. The fourth-order valence-corrected chi connectivity index (χ4v) is 2.23. The smallest absolute Gasteiger partial charge is 0.256 e. The second kappa shape index (κ2) is 5.17. The van der Waals surface area contributed by atoms with Crippen LogP contribution in [-0.4, -0.2) is 25.0 Å². The zero-order chi connectivity index (χ0) is 12.3. The van der Waals surface area contributed by atoms with E-state index in [2.05, 4.69) is 4.98 Å². The van der Waals surface area contributed by atoms with Gasteiger partial charge in [0, 0.05) is 6.42 Å². The summed E-state index contributed by atoms with van der Waals surface area (Å²) in [7, 11) is 3.13. The molecule has 0 amide bonds. The SMILES string of the molecule is COc1ccc(C2CCCCC2=O)nc1OC. The highest BCUT2D eigenvalue weighted by atomic mass is 16.5. The van der Waals surface area contributed by atoms with Gasteiger partial charge >= 0.3 is 0 Å². The van der Waals surface area contributed by atoms with Gasteiger partial charge in [-0.25, -0.2) is 4.98 Å². The molecule has 1 unspecified atom stereocenters. The van der Waals surface area contributed by atoms with Crippen LogP contribution in [0.15, 0.2) is 12.1 Å². The molecule has 0 bridgehead atoms. The zero-order valence-corrected chi connectivity index (χ0v) is 10.2. The summed E-state index contributed by atoms with van der Waals surface area (Å²) in [4.78, 5) is 16.2. The third-order valence-corrected chi connectivity index (χ3v) is 3.17. The van der Waals surface area contributed by atoms with Crippen molar-refractivity contribution in [1.82, 2.24) is 4.98 Å². The molecule has 1 atom stereocenters. The Morgan fingerprint density at radius 2 is 2.06 bits per heavy atom. The van der Waals surface area contributed by atoms with Crippen LogP contribution < -0.4 is 9.47 Å². The first-order valence-electron chi connectivity index (χ1n) is 5.88. The van der Waals surface area contributed by atoms with Crippen molar-refractivity contribution in [3.63, 3.8) is 0 Å². The molecule has 1 saturated carbocycles. The molecule has 1 aromatic heterocycles. The van der Waals surface area contributed by atoms with E-state index in [0.29, 0.717) is 18.1 Å². The average molecular weight is 235 g/mol. The van der Waals surface area contributed by atoms with Crippen LogP contribution in [0.25, 0.3) is 0 Å². The van der Waals surface area contributed by atoms with Crippen LogP contribution in [0.3, 0.4) is 0 Å². The monoisotopic (exact) mass is 235 g/mol. The maximum absolute atomic E-state index is 11.8. The molecular formula is C13H17NO3. The number of ether oxygens (including phenoxy) is 2. The maximum Gasteiger partial charge on any atom is 0.256 e. The number of hydrogen-bond donors (Lipinski definition) is 0. The molecule has 0 saturated heterocycles. The van der Waals surface area contributed by atoms with E-state index in [4.69, 9.17) is 9.47 Å². The number of methoxy groups -OCH3 is 2. The van der Waals surface area contributed by atoms with Crippen LogP contribution in [0.2, 0.25) is 0 Å². The van der Waals surface area contributed by atoms with Gasteiger partial charge in [-0.3, -0.25) is 4.79 Å². The molecule has 17 heavy (non-hydrogen) atoms. The van der Waals surface area contributed by atoms with E-state index < -0.39 is 0 Å². The van der Waals surface area contributed by atoms with Crippen molar-refractivity contribution < 1.29 is 14.3 Å². The normalized spacial score (nSPS) is 20.1. The van der Waals surface area contributed by atoms with E-state index in [1.165, 1.54) is 0 Å². The molecule has 0 radical (unpaired) electrons. The maximum atomic E-state index is 11.8. The summed E-state index contributed by atoms with van der Waals surface area (Å²) in [5.74, 6) is 1.27. The lowest BCUT2D eigenvalue weighted by atomic mass is 9.85. The number of ketones is 1. The molecule has 1 heterocycles. The Bertz CT molecular complexity index is 417. The number of rotatable bonds is 3. The summed E-state index contributed by atoms with van der Waals surface area (Å²) in [5.41, 5.74) is 0.798. The van der Waals surface area contributed by atoms with Crippen molar-refractivity contribution in [3.8, 4) is 11.6 Å². The molecule has 2 rings (SSSR count).